The van der Waals surface area contributed by atoms with Crippen LogP contribution in [0.3, 0.4) is 0 Å². The number of fused-ring (bicyclic) bond motifs is 1. The summed E-state index contributed by atoms with van der Waals surface area (Å²) in [5.74, 6) is -1.37. The van der Waals surface area contributed by atoms with Crippen LogP contribution in [-0.4, -0.2) is 42.5 Å². The van der Waals surface area contributed by atoms with Crippen molar-refractivity contribution in [1.29, 1.82) is 0 Å². The highest BCUT2D eigenvalue weighted by Gasteiger charge is 2.46. The third-order valence-corrected chi connectivity index (χ3v) is 9.06. The first kappa shape index (κ1) is 25.5. The van der Waals surface area contributed by atoms with Crippen LogP contribution >= 0.6 is 35.7 Å². The molecule has 9 heteroatoms. The molecule has 3 rings (SSSR count). The van der Waals surface area contributed by atoms with Crippen molar-refractivity contribution in [3.63, 3.8) is 0 Å². The van der Waals surface area contributed by atoms with Gasteiger partial charge in [0.15, 0.2) is 0 Å². The lowest BCUT2D eigenvalue weighted by atomic mass is 9.82. The normalized spacial score (nSPS) is 18.3. The first-order valence-electron chi connectivity index (χ1n) is 10.5. The molecular weight excluding hydrogens is 478 g/mol. The fraction of sp³-hybridized carbons (Fsp3) is 0.417. The number of aryl methyl sites for hydroxylation is 1. The monoisotopic (exact) mass is 505 g/mol. The number of hydrogen-bond donors (Lipinski definition) is 0. The lowest BCUT2D eigenvalue weighted by Gasteiger charge is -2.46. The number of thiocarbonyl (C=S) groups is 1. The Morgan fingerprint density at radius 2 is 1.64 bits per heavy atom. The molecule has 33 heavy (non-hydrogen) atoms. The molecule has 6 nitrogen and oxygen atoms in total. The van der Waals surface area contributed by atoms with Gasteiger partial charge >= 0.3 is 11.9 Å². The Morgan fingerprint density at radius 3 is 2.12 bits per heavy atom. The summed E-state index contributed by atoms with van der Waals surface area (Å²) in [4.78, 5) is 41.0. The van der Waals surface area contributed by atoms with Gasteiger partial charge in [-0.1, -0.05) is 61.7 Å². The number of carbonyl (C=O) groups excluding carboxylic acids is 3. The van der Waals surface area contributed by atoms with Crippen molar-refractivity contribution in [3.05, 3.63) is 43.4 Å². The zero-order valence-electron chi connectivity index (χ0n) is 19.7. The van der Waals surface area contributed by atoms with Crippen molar-refractivity contribution >= 4 is 69.7 Å². The second kappa shape index (κ2) is 9.64. The van der Waals surface area contributed by atoms with Crippen LogP contribution in [0.5, 0.6) is 0 Å². The number of amides is 1. The average molecular weight is 506 g/mol. The predicted molar refractivity (Wildman–Crippen MR) is 138 cm³/mol. The lowest BCUT2D eigenvalue weighted by Crippen LogP contribution is -2.57. The minimum atomic E-state index is -0.792. The Bertz CT molecular complexity index is 1090. The summed E-state index contributed by atoms with van der Waals surface area (Å²) in [5, 5.41) is 0. The molecule has 0 saturated carbocycles. The second-order valence-electron chi connectivity index (χ2n) is 8.40. The molecule has 1 amide bonds. The van der Waals surface area contributed by atoms with Crippen LogP contribution < -0.4 is 4.90 Å². The maximum absolute atomic E-state index is 13.5. The van der Waals surface area contributed by atoms with Crippen molar-refractivity contribution in [1.82, 2.24) is 0 Å². The van der Waals surface area contributed by atoms with E-state index in [-0.39, 0.29) is 21.6 Å². The molecule has 0 radical (unpaired) electrons. The number of benzene rings is 1. The molecule has 1 unspecified atom stereocenters. The van der Waals surface area contributed by atoms with Gasteiger partial charge in [-0.15, -0.1) is 0 Å². The van der Waals surface area contributed by atoms with Crippen LogP contribution in [0.2, 0.25) is 0 Å². The summed E-state index contributed by atoms with van der Waals surface area (Å²) in [6.45, 7) is 9.75. The van der Waals surface area contributed by atoms with Gasteiger partial charge < -0.3 is 14.4 Å². The lowest BCUT2D eigenvalue weighted by molar-refractivity contribution is -0.138. The molecule has 2 aliphatic heterocycles. The largest absolute Gasteiger partial charge is 0.465 e. The van der Waals surface area contributed by atoms with Gasteiger partial charge in [0.05, 0.1) is 34.5 Å². The van der Waals surface area contributed by atoms with Gasteiger partial charge in [-0.25, -0.2) is 9.59 Å². The maximum atomic E-state index is 13.5. The van der Waals surface area contributed by atoms with Crippen molar-refractivity contribution in [2.24, 2.45) is 5.92 Å². The van der Waals surface area contributed by atoms with Gasteiger partial charge in [0.2, 0.25) is 5.91 Å². The number of nitrogens with zero attached hydrogens (tertiary/aromatic N) is 1. The molecule has 0 spiro atoms. The standard InChI is InChI=1S/C24H27NO5S3/c1-8-13(3)20(26)25-15-11-12(2)9-10-14(15)16(19(31)24(25,4)5)23-32-17(21(27)29-6)18(33-23)22(28)30-7/h9-11,13H,8H2,1-7H3. The number of methoxy groups -OCH3 is 2. The summed E-state index contributed by atoms with van der Waals surface area (Å²) in [6.07, 6.45) is 0.716. The van der Waals surface area contributed by atoms with E-state index in [1.165, 1.54) is 14.2 Å². The molecular formula is C24H27NO5S3. The van der Waals surface area contributed by atoms with Crippen LogP contribution in [-0.2, 0) is 23.9 Å². The second-order valence-corrected chi connectivity index (χ2v) is 11.1. The molecule has 0 N–H and O–H groups in total. The highest BCUT2D eigenvalue weighted by Crippen LogP contribution is 2.56. The van der Waals surface area contributed by atoms with Crippen molar-refractivity contribution in [3.8, 4) is 0 Å². The average Bonchev–Trinajstić information content (AvgIpc) is 3.23. The fourth-order valence-electron chi connectivity index (χ4n) is 3.72. The molecule has 0 aliphatic carbocycles. The Morgan fingerprint density at radius 1 is 1.09 bits per heavy atom. The van der Waals surface area contributed by atoms with Gasteiger partial charge in [0, 0.05) is 17.1 Å². The topological polar surface area (TPSA) is 72.9 Å². The summed E-state index contributed by atoms with van der Waals surface area (Å²) < 4.78 is 10.5. The van der Waals surface area contributed by atoms with E-state index in [4.69, 9.17) is 21.7 Å². The number of hydrogen-bond acceptors (Lipinski definition) is 8. The van der Waals surface area contributed by atoms with Gasteiger partial charge in [0.1, 0.15) is 9.81 Å². The molecule has 1 atom stereocenters. The van der Waals surface area contributed by atoms with E-state index >= 15 is 0 Å². The zero-order valence-corrected chi connectivity index (χ0v) is 22.2. The third kappa shape index (κ3) is 4.38. The molecule has 2 heterocycles. The molecule has 1 aromatic rings. The number of anilines is 1. The van der Waals surface area contributed by atoms with Crippen LogP contribution in [0.15, 0.2) is 32.2 Å². The molecule has 0 aromatic heterocycles. The number of esters is 2. The smallest absolute Gasteiger partial charge is 0.346 e. The Hall–Kier alpha value is -2.10. The van der Waals surface area contributed by atoms with E-state index in [0.29, 0.717) is 15.5 Å². The third-order valence-electron chi connectivity index (χ3n) is 5.80. The number of thioether (sulfide) groups is 2. The maximum Gasteiger partial charge on any atom is 0.346 e. The van der Waals surface area contributed by atoms with Crippen LogP contribution in [0, 0.1) is 12.8 Å². The predicted octanol–water partition coefficient (Wildman–Crippen LogP) is 5.24. The first-order chi connectivity index (χ1) is 15.5. The van der Waals surface area contributed by atoms with Gasteiger partial charge in [-0.05, 0) is 38.8 Å². The Balaban J connectivity index is 2.25. The fourth-order valence-corrected chi connectivity index (χ4v) is 6.75. The van der Waals surface area contributed by atoms with Crippen molar-refractivity contribution in [2.75, 3.05) is 19.1 Å². The Kier molecular flexibility index (Phi) is 7.45. The number of rotatable bonds is 4. The molecule has 0 fully saturated rings. The van der Waals surface area contributed by atoms with E-state index in [9.17, 15) is 14.4 Å². The molecule has 0 saturated heterocycles. The van der Waals surface area contributed by atoms with Crippen LogP contribution in [0.4, 0.5) is 5.69 Å². The quantitative estimate of drug-likeness (QED) is 0.312. The summed E-state index contributed by atoms with van der Waals surface area (Å²) >= 11 is 8.26. The zero-order chi connectivity index (χ0) is 24.7. The van der Waals surface area contributed by atoms with Gasteiger partial charge in [-0.3, -0.25) is 4.79 Å². The van der Waals surface area contributed by atoms with E-state index < -0.39 is 17.5 Å². The van der Waals surface area contributed by atoms with Gasteiger partial charge in [-0.2, -0.15) is 0 Å². The summed E-state index contributed by atoms with van der Waals surface area (Å²) in [7, 11) is 2.54. The van der Waals surface area contributed by atoms with E-state index in [1.54, 1.807) is 4.90 Å². The highest BCUT2D eigenvalue weighted by molar-refractivity contribution is 8.29. The van der Waals surface area contributed by atoms with Crippen molar-refractivity contribution in [2.45, 2.75) is 46.6 Å². The van der Waals surface area contributed by atoms with Crippen LogP contribution in [0.1, 0.15) is 45.2 Å². The van der Waals surface area contributed by atoms with Crippen molar-refractivity contribution < 1.29 is 23.9 Å². The number of ether oxygens (including phenoxy) is 2. The summed E-state index contributed by atoms with van der Waals surface area (Å²) in [5.41, 5.74) is 2.53. The number of carbonyl (C=O) groups is 3. The van der Waals surface area contributed by atoms with Gasteiger partial charge in [0.25, 0.3) is 0 Å². The Labute approximate surface area is 208 Å². The van der Waals surface area contributed by atoms with E-state index in [1.807, 2.05) is 52.8 Å². The minimum absolute atomic E-state index is 0.0103. The first-order valence-corrected chi connectivity index (χ1v) is 12.5. The summed E-state index contributed by atoms with van der Waals surface area (Å²) in [6, 6.07) is 5.90. The molecule has 1 aromatic carbocycles. The molecule has 0 bridgehead atoms. The molecule has 2 aliphatic rings. The van der Waals surface area contributed by atoms with E-state index in [0.717, 1.165) is 45.9 Å². The SMILES string of the molecule is CCC(C)C(=O)N1c2cc(C)ccc2C(=C2SC(C(=O)OC)=C(C(=O)OC)S2)C(=S)C1(C)C. The van der Waals surface area contributed by atoms with E-state index in [2.05, 4.69) is 0 Å². The van der Waals surface area contributed by atoms with Crippen LogP contribution in [0.25, 0.3) is 5.57 Å². The highest BCUT2D eigenvalue weighted by atomic mass is 32.2. The minimum Gasteiger partial charge on any atom is -0.465 e. The molecule has 176 valence electrons.